The maximum absolute atomic E-state index is 14.8. The number of piperazine rings is 1. The Balaban J connectivity index is 1.39. The Hall–Kier alpha value is -3.21. The van der Waals surface area contributed by atoms with Gasteiger partial charge in [-0.15, -0.1) is 0 Å². The van der Waals surface area contributed by atoms with Gasteiger partial charge in [-0.05, 0) is 23.3 Å². The van der Waals surface area contributed by atoms with Gasteiger partial charge in [-0.3, -0.25) is 4.90 Å². The molecule has 2 aromatic carbocycles. The zero-order valence-electron chi connectivity index (χ0n) is 19.2. The first-order valence-electron chi connectivity index (χ1n) is 11.3. The Bertz CT molecular complexity index is 1460. The topological polar surface area (TPSA) is 79.6 Å². The molecule has 0 radical (unpaired) electrons. The Morgan fingerprint density at radius 3 is 2.46 bits per heavy atom. The minimum Gasteiger partial charge on any atom is -0.314 e. The van der Waals surface area contributed by atoms with E-state index in [2.05, 4.69) is 15.4 Å². The molecule has 0 atom stereocenters. The van der Waals surface area contributed by atoms with Gasteiger partial charge in [0.2, 0.25) is 0 Å². The summed E-state index contributed by atoms with van der Waals surface area (Å²) < 4.78 is 55.1. The fraction of sp³-hybridized carbons (Fsp3) is 0.280. The summed E-state index contributed by atoms with van der Waals surface area (Å²) >= 11 is 0. The molecular weight excluding hydrogens is 472 g/mol. The van der Waals surface area contributed by atoms with Gasteiger partial charge in [0.05, 0.1) is 17.6 Å². The number of fused-ring (bicyclic) bond motifs is 1. The van der Waals surface area contributed by atoms with E-state index in [0.717, 1.165) is 24.2 Å². The molecule has 7 nitrogen and oxygen atoms in total. The quantitative estimate of drug-likeness (QED) is 0.440. The van der Waals surface area contributed by atoms with Crippen molar-refractivity contribution >= 4 is 15.5 Å². The van der Waals surface area contributed by atoms with Crippen LogP contribution in [0.4, 0.5) is 8.78 Å². The summed E-state index contributed by atoms with van der Waals surface area (Å²) in [6.07, 6.45) is 6.24. The van der Waals surface area contributed by atoms with Crippen molar-refractivity contribution in [3.63, 3.8) is 0 Å². The molecule has 0 amide bonds. The number of nitrogens with zero attached hydrogens (tertiary/aromatic N) is 4. The van der Waals surface area contributed by atoms with E-state index in [9.17, 15) is 17.2 Å². The summed E-state index contributed by atoms with van der Waals surface area (Å²) in [5.74, 6) is -2.94. The van der Waals surface area contributed by atoms with Gasteiger partial charge in [0, 0.05) is 61.5 Å². The van der Waals surface area contributed by atoms with Crippen LogP contribution in [0.1, 0.15) is 5.56 Å². The monoisotopic (exact) mass is 497 g/mol. The molecule has 5 rings (SSSR count). The summed E-state index contributed by atoms with van der Waals surface area (Å²) in [4.78, 5) is 6.53. The molecule has 4 aromatic rings. The van der Waals surface area contributed by atoms with Gasteiger partial charge in [-0.25, -0.2) is 17.9 Å². The van der Waals surface area contributed by atoms with Crippen LogP contribution in [0.2, 0.25) is 0 Å². The molecule has 2 aromatic heterocycles. The summed E-state index contributed by atoms with van der Waals surface area (Å²) in [5.41, 5.74) is 3.43. The fourth-order valence-corrected chi connectivity index (χ4v) is 4.94. The van der Waals surface area contributed by atoms with E-state index in [1.54, 1.807) is 64.4 Å². The third-order valence-corrected chi connectivity index (χ3v) is 7.31. The molecule has 1 fully saturated rings. The molecule has 3 heterocycles. The zero-order valence-corrected chi connectivity index (χ0v) is 20.0. The predicted octanol–water partition coefficient (Wildman–Crippen LogP) is 3.46. The Labute approximate surface area is 202 Å². The van der Waals surface area contributed by atoms with Crippen LogP contribution in [-0.4, -0.2) is 66.9 Å². The van der Waals surface area contributed by atoms with Gasteiger partial charge in [0.1, 0.15) is 0 Å². The number of benzene rings is 2. The first kappa shape index (κ1) is 23.5. The lowest BCUT2D eigenvalue weighted by molar-refractivity contribution is -0.0400. The maximum Gasteiger partial charge on any atom is 0.285 e. The highest BCUT2D eigenvalue weighted by Crippen LogP contribution is 2.32. The number of nitrogens with one attached hydrogen (secondary N) is 1. The average Bonchev–Trinajstić information content (AvgIpc) is 3.27. The molecule has 1 saturated heterocycles. The van der Waals surface area contributed by atoms with E-state index < -0.39 is 15.8 Å². The van der Waals surface area contributed by atoms with Crippen molar-refractivity contribution in [3.8, 4) is 22.3 Å². The molecule has 35 heavy (non-hydrogen) atoms. The fourth-order valence-electron chi connectivity index (χ4n) is 4.27. The highest BCUT2D eigenvalue weighted by molar-refractivity contribution is 7.90. The molecule has 0 bridgehead atoms. The van der Waals surface area contributed by atoms with E-state index >= 15 is 0 Å². The van der Waals surface area contributed by atoms with E-state index in [-0.39, 0.29) is 17.0 Å². The number of alkyl halides is 2. The van der Waals surface area contributed by atoms with Gasteiger partial charge < -0.3 is 5.32 Å². The van der Waals surface area contributed by atoms with Crippen molar-refractivity contribution in [1.82, 2.24) is 24.8 Å². The average molecular weight is 498 g/mol. The number of hydrogen-bond donors (Lipinski definition) is 1. The molecule has 1 N–H and O–H groups in total. The van der Waals surface area contributed by atoms with Gasteiger partial charge in [-0.1, -0.05) is 36.4 Å². The number of hydrogen-bond acceptors (Lipinski definition) is 6. The maximum atomic E-state index is 14.8. The number of sulfone groups is 1. The molecular formula is C25H25F2N5O2S. The van der Waals surface area contributed by atoms with Crippen molar-refractivity contribution in [1.29, 1.82) is 0 Å². The molecule has 1 aliphatic heterocycles. The van der Waals surface area contributed by atoms with Crippen LogP contribution in [-0.2, 0) is 15.8 Å². The van der Waals surface area contributed by atoms with E-state index in [1.807, 2.05) is 0 Å². The molecule has 1 aliphatic rings. The zero-order chi connectivity index (χ0) is 24.6. The first-order chi connectivity index (χ1) is 16.7. The molecule has 10 heteroatoms. The summed E-state index contributed by atoms with van der Waals surface area (Å²) in [6, 6.07) is 12.9. The highest BCUT2D eigenvalue weighted by Gasteiger charge is 2.34. The number of halogens is 2. The molecule has 0 aliphatic carbocycles. The van der Waals surface area contributed by atoms with Gasteiger partial charge in [-0.2, -0.15) is 13.9 Å². The lowest BCUT2D eigenvalue weighted by Crippen LogP contribution is -2.47. The van der Waals surface area contributed by atoms with Crippen LogP contribution >= 0.6 is 0 Å². The molecule has 0 saturated carbocycles. The van der Waals surface area contributed by atoms with Crippen molar-refractivity contribution in [2.45, 2.75) is 10.8 Å². The Morgan fingerprint density at radius 2 is 1.74 bits per heavy atom. The SMILES string of the molecule is CS(=O)(=O)c1cccc(-c2cnn3cc(-c4ccc(C(F)(F)CN5CCNCC5)cc4)cnc23)c1. The number of aromatic nitrogens is 3. The van der Waals surface area contributed by atoms with Crippen LogP contribution in [0.15, 0.2) is 72.0 Å². The van der Waals surface area contributed by atoms with Crippen LogP contribution in [0.3, 0.4) is 0 Å². The van der Waals surface area contributed by atoms with Crippen LogP contribution in [0.25, 0.3) is 27.9 Å². The minimum atomic E-state index is -3.34. The third kappa shape index (κ3) is 4.95. The highest BCUT2D eigenvalue weighted by atomic mass is 32.2. The van der Waals surface area contributed by atoms with Crippen molar-refractivity contribution < 1.29 is 17.2 Å². The van der Waals surface area contributed by atoms with E-state index in [1.165, 1.54) is 18.4 Å². The Morgan fingerprint density at radius 1 is 1.00 bits per heavy atom. The molecule has 0 unspecified atom stereocenters. The lowest BCUT2D eigenvalue weighted by atomic mass is 10.0. The van der Waals surface area contributed by atoms with Crippen molar-refractivity contribution in [3.05, 3.63) is 72.7 Å². The van der Waals surface area contributed by atoms with Gasteiger partial charge in [0.25, 0.3) is 5.92 Å². The van der Waals surface area contributed by atoms with Crippen LogP contribution in [0.5, 0.6) is 0 Å². The lowest BCUT2D eigenvalue weighted by Gasteiger charge is -2.30. The van der Waals surface area contributed by atoms with Gasteiger partial charge in [0.15, 0.2) is 15.5 Å². The van der Waals surface area contributed by atoms with E-state index in [4.69, 9.17) is 0 Å². The van der Waals surface area contributed by atoms with Crippen molar-refractivity contribution in [2.24, 2.45) is 0 Å². The van der Waals surface area contributed by atoms with Crippen LogP contribution in [0, 0.1) is 0 Å². The minimum absolute atomic E-state index is 0.0130. The largest absolute Gasteiger partial charge is 0.314 e. The standard InChI is InChI=1S/C25H25F2N5O2S/c1-35(33,34)22-4-2-3-19(13-22)23-15-30-32-16-20(14-29-24(23)32)18-5-7-21(8-6-18)25(26,27)17-31-11-9-28-10-12-31/h2-8,13-16,28H,9-12,17H2,1H3. The summed E-state index contributed by atoms with van der Waals surface area (Å²) in [6.45, 7) is 2.39. The molecule has 0 spiro atoms. The smallest absolute Gasteiger partial charge is 0.285 e. The summed E-state index contributed by atoms with van der Waals surface area (Å²) in [5, 5.41) is 7.54. The summed E-state index contributed by atoms with van der Waals surface area (Å²) in [7, 11) is -3.34. The Kier molecular flexibility index (Phi) is 6.12. The second-order valence-electron chi connectivity index (χ2n) is 8.78. The number of rotatable bonds is 6. The molecule has 182 valence electrons. The first-order valence-corrected chi connectivity index (χ1v) is 13.2. The third-order valence-electron chi connectivity index (χ3n) is 6.20. The normalized spacial score (nSPS) is 15.5. The predicted molar refractivity (Wildman–Crippen MR) is 130 cm³/mol. The second-order valence-corrected chi connectivity index (χ2v) is 10.8. The van der Waals surface area contributed by atoms with Crippen LogP contribution < -0.4 is 5.32 Å². The van der Waals surface area contributed by atoms with E-state index in [0.29, 0.717) is 29.9 Å². The second kappa shape index (κ2) is 9.10. The van der Waals surface area contributed by atoms with Gasteiger partial charge >= 0.3 is 0 Å². The van der Waals surface area contributed by atoms with Crippen molar-refractivity contribution in [2.75, 3.05) is 39.0 Å².